The van der Waals surface area contributed by atoms with E-state index < -0.39 is 0 Å². The molecule has 3 heterocycles. The van der Waals surface area contributed by atoms with Crippen LogP contribution < -0.4 is 0 Å². The van der Waals surface area contributed by atoms with Crippen LogP contribution in [-0.4, -0.2) is 71.0 Å². The maximum absolute atomic E-state index is 13.5. The number of rotatable bonds is 4. The molecule has 29 heavy (non-hydrogen) atoms. The Kier molecular flexibility index (Phi) is 4.50. The summed E-state index contributed by atoms with van der Waals surface area (Å²) in [5, 5.41) is 0. The number of carbonyl (C=O) groups excluding carboxylic acids is 2. The van der Waals surface area contributed by atoms with Gasteiger partial charge in [-0.3, -0.25) is 9.59 Å². The second-order valence-electron chi connectivity index (χ2n) is 11.1. The van der Waals surface area contributed by atoms with Gasteiger partial charge in [0.25, 0.3) is 0 Å². The van der Waals surface area contributed by atoms with E-state index in [4.69, 9.17) is 4.74 Å². The highest BCUT2D eigenvalue weighted by Gasteiger charge is 2.59. The molecule has 1 spiro atoms. The molecule has 1 atom stereocenters. The molecule has 7 fully saturated rings. The fourth-order valence-corrected chi connectivity index (χ4v) is 9.43. The smallest absolute Gasteiger partial charge is 0.248 e. The lowest BCUT2D eigenvalue weighted by atomic mass is 9.49. The summed E-state index contributed by atoms with van der Waals surface area (Å²) in [5.41, 5.74) is -0.00230. The van der Waals surface area contributed by atoms with Gasteiger partial charge in [0.05, 0.1) is 16.3 Å². The molecule has 3 saturated heterocycles. The first-order chi connectivity index (χ1) is 14.0. The number of amides is 2. The van der Waals surface area contributed by atoms with Crippen LogP contribution >= 0.6 is 11.8 Å². The van der Waals surface area contributed by atoms with Crippen LogP contribution in [0.3, 0.4) is 0 Å². The Morgan fingerprint density at radius 3 is 2.14 bits per heavy atom. The third-order valence-corrected chi connectivity index (χ3v) is 10.4. The first-order valence-corrected chi connectivity index (χ1v) is 12.8. The zero-order valence-electron chi connectivity index (χ0n) is 17.4. The zero-order chi connectivity index (χ0) is 19.6. The minimum absolute atomic E-state index is 0.00230. The van der Waals surface area contributed by atoms with Crippen LogP contribution in [0.15, 0.2) is 0 Å². The van der Waals surface area contributed by atoms with E-state index in [1.54, 1.807) is 0 Å². The Bertz CT molecular complexity index is 663. The minimum atomic E-state index is -0.00230. The summed E-state index contributed by atoms with van der Waals surface area (Å²) in [6, 6.07) is 0. The molecular weight excluding hydrogens is 384 g/mol. The topological polar surface area (TPSA) is 49.9 Å². The van der Waals surface area contributed by atoms with Crippen molar-refractivity contribution in [3.8, 4) is 0 Å². The van der Waals surface area contributed by atoms with Gasteiger partial charge in [-0.2, -0.15) is 0 Å². The number of thioether (sulfide) groups is 1. The summed E-state index contributed by atoms with van der Waals surface area (Å²) in [6.07, 6.45) is 11.1. The Morgan fingerprint density at radius 1 is 0.897 bits per heavy atom. The molecule has 2 amide bonds. The minimum Gasteiger partial charge on any atom is -0.367 e. The van der Waals surface area contributed by atoms with Gasteiger partial charge in [-0.15, -0.1) is 11.8 Å². The highest BCUT2D eigenvalue weighted by atomic mass is 32.2. The van der Waals surface area contributed by atoms with Crippen molar-refractivity contribution in [3.05, 3.63) is 0 Å². The highest BCUT2D eigenvalue weighted by Crippen LogP contribution is 2.61. The monoisotopic (exact) mass is 418 g/mol. The molecular formula is C23H34N2O3S. The van der Waals surface area contributed by atoms with Gasteiger partial charge < -0.3 is 14.5 Å². The average Bonchev–Trinajstić information content (AvgIpc) is 3.33. The molecule has 0 unspecified atom stereocenters. The molecule has 0 aromatic rings. The molecule has 4 aliphatic carbocycles. The summed E-state index contributed by atoms with van der Waals surface area (Å²) in [4.78, 5) is 29.8. The van der Waals surface area contributed by atoms with Crippen molar-refractivity contribution in [3.63, 3.8) is 0 Å². The van der Waals surface area contributed by atoms with E-state index in [-0.39, 0.29) is 28.8 Å². The summed E-state index contributed by atoms with van der Waals surface area (Å²) in [5.74, 6) is 4.08. The SMILES string of the molecule is O=C(CO[C@H]1CSC2(C1)CN(C(=O)C13CC4CC(CC(C4)C1)C3)C2)N1CCCC1. The van der Waals surface area contributed by atoms with Crippen LogP contribution in [0.2, 0.25) is 0 Å². The van der Waals surface area contributed by atoms with Crippen LogP contribution in [0.25, 0.3) is 0 Å². The molecule has 160 valence electrons. The van der Waals surface area contributed by atoms with E-state index in [1.807, 2.05) is 16.7 Å². The second-order valence-corrected chi connectivity index (χ2v) is 12.6. The van der Waals surface area contributed by atoms with Crippen molar-refractivity contribution in [1.82, 2.24) is 9.80 Å². The molecule has 0 aromatic heterocycles. The molecule has 0 aromatic carbocycles. The molecule has 4 bridgehead atoms. The van der Waals surface area contributed by atoms with Gasteiger partial charge in [0.1, 0.15) is 6.61 Å². The van der Waals surface area contributed by atoms with E-state index in [0.29, 0.717) is 5.91 Å². The van der Waals surface area contributed by atoms with Gasteiger partial charge in [-0.25, -0.2) is 0 Å². The Labute approximate surface area is 178 Å². The molecule has 7 aliphatic rings. The van der Waals surface area contributed by atoms with Gasteiger partial charge >= 0.3 is 0 Å². The normalized spacial score (nSPS) is 41.9. The third kappa shape index (κ3) is 3.24. The lowest BCUT2D eigenvalue weighted by Crippen LogP contribution is -2.65. The van der Waals surface area contributed by atoms with Crippen molar-refractivity contribution >= 4 is 23.6 Å². The van der Waals surface area contributed by atoms with E-state index in [9.17, 15) is 9.59 Å². The fourth-order valence-electron chi connectivity index (χ4n) is 7.88. The van der Waals surface area contributed by atoms with E-state index in [2.05, 4.69) is 4.90 Å². The largest absolute Gasteiger partial charge is 0.367 e. The van der Waals surface area contributed by atoms with Crippen LogP contribution in [0.5, 0.6) is 0 Å². The quantitative estimate of drug-likeness (QED) is 0.704. The molecule has 7 rings (SSSR count). The van der Waals surface area contributed by atoms with Gasteiger partial charge in [0.2, 0.25) is 11.8 Å². The lowest BCUT2D eigenvalue weighted by molar-refractivity contribution is -0.163. The molecule has 6 heteroatoms. The maximum Gasteiger partial charge on any atom is 0.248 e. The molecule has 4 saturated carbocycles. The number of hydrogen-bond acceptors (Lipinski definition) is 4. The number of nitrogens with zero attached hydrogens (tertiary/aromatic N) is 2. The summed E-state index contributed by atoms with van der Waals surface area (Å²) >= 11 is 1.98. The predicted molar refractivity (Wildman–Crippen MR) is 113 cm³/mol. The maximum atomic E-state index is 13.5. The molecule has 5 nitrogen and oxygen atoms in total. The summed E-state index contributed by atoms with van der Waals surface area (Å²) in [6.45, 7) is 3.83. The van der Waals surface area contributed by atoms with Gasteiger partial charge in [-0.05, 0) is 75.5 Å². The van der Waals surface area contributed by atoms with E-state index in [0.717, 1.165) is 68.9 Å². The van der Waals surface area contributed by atoms with Crippen molar-refractivity contribution in [2.24, 2.45) is 23.2 Å². The predicted octanol–water partition coefficient (Wildman–Crippen LogP) is 2.93. The molecule has 0 N–H and O–H groups in total. The van der Waals surface area contributed by atoms with Crippen molar-refractivity contribution < 1.29 is 14.3 Å². The Morgan fingerprint density at radius 2 is 1.52 bits per heavy atom. The van der Waals surface area contributed by atoms with Crippen molar-refractivity contribution in [2.45, 2.75) is 68.6 Å². The summed E-state index contributed by atoms with van der Waals surface area (Å²) < 4.78 is 6.18. The number of hydrogen-bond donors (Lipinski definition) is 0. The van der Waals surface area contributed by atoms with Gasteiger partial charge in [0.15, 0.2) is 0 Å². The lowest BCUT2D eigenvalue weighted by Gasteiger charge is -2.59. The van der Waals surface area contributed by atoms with Crippen LogP contribution in [-0.2, 0) is 14.3 Å². The highest BCUT2D eigenvalue weighted by molar-refractivity contribution is 8.01. The average molecular weight is 419 g/mol. The molecule has 0 radical (unpaired) electrons. The van der Waals surface area contributed by atoms with E-state index >= 15 is 0 Å². The fraction of sp³-hybridized carbons (Fsp3) is 0.913. The van der Waals surface area contributed by atoms with Gasteiger partial charge in [0, 0.05) is 31.9 Å². The number of carbonyl (C=O) groups is 2. The standard InChI is InChI=1S/C23H34N2O3S/c26-20(24-3-1-2-4-24)12-28-19-11-23(29-13-19)14-25(15-23)21(27)22-8-16-5-17(9-22)7-18(6-16)10-22/h16-19H,1-15H2/t16?,17?,18?,19-,22?/m1/s1. The van der Waals surface area contributed by atoms with E-state index in [1.165, 1.54) is 38.5 Å². The Hall–Kier alpha value is -0.750. The first-order valence-electron chi connectivity index (χ1n) is 11.9. The van der Waals surface area contributed by atoms with Crippen LogP contribution in [0.4, 0.5) is 0 Å². The van der Waals surface area contributed by atoms with Gasteiger partial charge in [-0.1, -0.05) is 0 Å². The van der Waals surface area contributed by atoms with Crippen LogP contribution in [0.1, 0.15) is 57.8 Å². The van der Waals surface area contributed by atoms with Crippen LogP contribution in [0, 0.1) is 23.2 Å². The molecule has 3 aliphatic heterocycles. The summed E-state index contributed by atoms with van der Waals surface area (Å²) in [7, 11) is 0. The first kappa shape index (κ1) is 19.0. The van der Waals surface area contributed by atoms with Crippen molar-refractivity contribution in [1.29, 1.82) is 0 Å². The third-order valence-electron chi connectivity index (χ3n) is 8.81. The number of likely N-dealkylation sites (tertiary alicyclic amines) is 2. The Balaban J connectivity index is 1.01. The van der Waals surface area contributed by atoms with Crippen molar-refractivity contribution in [2.75, 3.05) is 38.5 Å². The zero-order valence-corrected chi connectivity index (χ0v) is 18.3. The second kappa shape index (κ2) is 6.88. The number of ether oxygens (including phenoxy) is 1.